The van der Waals surface area contributed by atoms with Gasteiger partial charge in [0.05, 0.1) is 12.2 Å². The normalized spacial score (nSPS) is 26.1. The standard InChI is InChI=1S/C11H19N3O4S/c1-19(17,18)14-6-4-13(5-7-14)11(16)9-2-3-10(15)12-8-9/h9H,2-8H2,1H3,(H,12,15). The summed E-state index contributed by atoms with van der Waals surface area (Å²) < 4.78 is 24.1. The third-order valence-corrected chi connectivity index (χ3v) is 4.94. The van der Waals surface area contributed by atoms with Crippen LogP contribution < -0.4 is 5.32 Å². The van der Waals surface area contributed by atoms with E-state index >= 15 is 0 Å². The van der Waals surface area contributed by atoms with E-state index in [2.05, 4.69) is 5.32 Å². The Morgan fingerprint density at radius 2 is 1.89 bits per heavy atom. The van der Waals surface area contributed by atoms with Gasteiger partial charge in [0.25, 0.3) is 0 Å². The van der Waals surface area contributed by atoms with Crippen LogP contribution in [-0.2, 0) is 19.6 Å². The molecule has 2 aliphatic heterocycles. The molecule has 0 saturated carbocycles. The first-order valence-corrected chi connectivity index (χ1v) is 8.23. The van der Waals surface area contributed by atoms with Crippen LogP contribution in [-0.4, -0.2) is 68.4 Å². The third-order valence-electron chi connectivity index (χ3n) is 3.63. The van der Waals surface area contributed by atoms with Crippen molar-refractivity contribution in [2.24, 2.45) is 5.92 Å². The second kappa shape index (κ2) is 5.46. The fraction of sp³-hybridized carbons (Fsp3) is 0.818. The highest BCUT2D eigenvalue weighted by Crippen LogP contribution is 2.16. The lowest BCUT2D eigenvalue weighted by Gasteiger charge is -2.36. The van der Waals surface area contributed by atoms with E-state index < -0.39 is 10.0 Å². The van der Waals surface area contributed by atoms with Crippen LogP contribution >= 0.6 is 0 Å². The number of hydrogen-bond donors (Lipinski definition) is 1. The van der Waals surface area contributed by atoms with Gasteiger partial charge in [0, 0.05) is 39.1 Å². The number of piperidine rings is 1. The first kappa shape index (κ1) is 14.3. The number of carbonyl (C=O) groups is 2. The maximum atomic E-state index is 12.2. The highest BCUT2D eigenvalue weighted by Gasteiger charge is 2.31. The van der Waals surface area contributed by atoms with Gasteiger partial charge in [0.15, 0.2) is 0 Å². The molecular weight excluding hydrogens is 270 g/mol. The second-order valence-electron chi connectivity index (χ2n) is 5.03. The summed E-state index contributed by atoms with van der Waals surface area (Å²) in [6.07, 6.45) is 2.15. The van der Waals surface area contributed by atoms with E-state index in [1.807, 2.05) is 0 Å². The SMILES string of the molecule is CS(=O)(=O)N1CCN(C(=O)C2CCC(=O)NC2)CC1. The molecule has 1 atom stereocenters. The molecule has 0 aromatic heterocycles. The van der Waals surface area contributed by atoms with Crippen LogP contribution in [0.4, 0.5) is 0 Å². The number of nitrogens with zero attached hydrogens (tertiary/aromatic N) is 2. The van der Waals surface area contributed by atoms with E-state index in [0.29, 0.717) is 45.6 Å². The summed E-state index contributed by atoms with van der Waals surface area (Å²) in [6, 6.07) is 0. The van der Waals surface area contributed by atoms with E-state index in [1.54, 1.807) is 4.90 Å². The van der Waals surface area contributed by atoms with Crippen molar-refractivity contribution in [2.45, 2.75) is 12.8 Å². The molecule has 7 nitrogen and oxygen atoms in total. The van der Waals surface area contributed by atoms with Crippen LogP contribution in [0.15, 0.2) is 0 Å². The molecule has 8 heteroatoms. The minimum atomic E-state index is -3.17. The van der Waals surface area contributed by atoms with Gasteiger partial charge in [-0.25, -0.2) is 8.42 Å². The summed E-state index contributed by atoms with van der Waals surface area (Å²) in [5.74, 6) is -0.151. The minimum absolute atomic E-state index is 0.00838. The fourth-order valence-corrected chi connectivity index (χ4v) is 3.27. The number of piperazine rings is 1. The van der Waals surface area contributed by atoms with Crippen molar-refractivity contribution in [1.29, 1.82) is 0 Å². The minimum Gasteiger partial charge on any atom is -0.355 e. The van der Waals surface area contributed by atoms with Gasteiger partial charge in [-0.05, 0) is 6.42 Å². The molecule has 0 bridgehead atoms. The van der Waals surface area contributed by atoms with E-state index in [1.165, 1.54) is 10.6 Å². The Balaban J connectivity index is 1.87. The van der Waals surface area contributed by atoms with E-state index in [9.17, 15) is 18.0 Å². The molecule has 2 saturated heterocycles. The molecule has 0 spiro atoms. The molecule has 2 amide bonds. The number of amides is 2. The maximum absolute atomic E-state index is 12.2. The molecule has 1 N–H and O–H groups in total. The summed E-state index contributed by atoms with van der Waals surface area (Å²) in [6.45, 7) is 1.95. The van der Waals surface area contributed by atoms with Gasteiger partial charge >= 0.3 is 0 Å². The summed E-state index contributed by atoms with van der Waals surface area (Å²) in [7, 11) is -3.17. The van der Waals surface area contributed by atoms with E-state index in [4.69, 9.17) is 0 Å². The van der Waals surface area contributed by atoms with Crippen molar-refractivity contribution < 1.29 is 18.0 Å². The van der Waals surface area contributed by atoms with Crippen molar-refractivity contribution in [3.8, 4) is 0 Å². The molecule has 0 aromatic rings. The summed E-state index contributed by atoms with van der Waals surface area (Å²) in [5.41, 5.74) is 0. The fourth-order valence-electron chi connectivity index (χ4n) is 2.44. The second-order valence-corrected chi connectivity index (χ2v) is 7.01. The van der Waals surface area contributed by atoms with Gasteiger partial charge in [0.1, 0.15) is 0 Å². The van der Waals surface area contributed by atoms with Crippen molar-refractivity contribution >= 4 is 21.8 Å². The highest BCUT2D eigenvalue weighted by molar-refractivity contribution is 7.88. The van der Waals surface area contributed by atoms with E-state index in [-0.39, 0.29) is 17.7 Å². The quantitative estimate of drug-likeness (QED) is 0.678. The first-order valence-electron chi connectivity index (χ1n) is 6.38. The smallest absolute Gasteiger partial charge is 0.227 e. The Kier molecular flexibility index (Phi) is 4.10. The molecule has 0 aromatic carbocycles. The monoisotopic (exact) mass is 289 g/mol. The molecule has 0 radical (unpaired) electrons. The zero-order valence-corrected chi connectivity index (χ0v) is 11.8. The zero-order valence-electron chi connectivity index (χ0n) is 11.0. The molecular formula is C11H19N3O4S. The first-order chi connectivity index (χ1) is 8.88. The Bertz CT molecular complexity index is 458. The highest BCUT2D eigenvalue weighted by atomic mass is 32.2. The number of carbonyl (C=O) groups excluding carboxylic acids is 2. The number of rotatable bonds is 2. The topological polar surface area (TPSA) is 86.8 Å². The van der Waals surface area contributed by atoms with Crippen LogP contribution in [0.25, 0.3) is 0 Å². The summed E-state index contributed by atoms with van der Waals surface area (Å²) in [4.78, 5) is 25.0. The van der Waals surface area contributed by atoms with Crippen LogP contribution in [0.2, 0.25) is 0 Å². The lowest BCUT2D eigenvalue weighted by molar-refractivity contribution is -0.138. The van der Waals surface area contributed by atoms with Crippen molar-refractivity contribution in [3.05, 3.63) is 0 Å². The Morgan fingerprint density at radius 1 is 1.26 bits per heavy atom. The van der Waals surface area contributed by atoms with Crippen LogP contribution in [0.3, 0.4) is 0 Å². The Labute approximate surface area is 113 Å². The van der Waals surface area contributed by atoms with Gasteiger partial charge in [-0.15, -0.1) is 0 Å². The lowest BCUT2D eigenvalue weighted by Crippen LogP contribution is -2.53. The van der Waals surface area contributed by atoms with Crippen LogP contribution in [0.1, 0.15) is 12.8 Å². The maximum Gasteiger partial charge on any atom is 0.227 e. The summed E-state index contributed by atoms with van der Waals surface area (Å²) in [5, 5.41) is 2.69. The van der Waals surface area contributed by atoms with Crippen molar-refractivity contribution in [1.82, 2.24) is 14.5 Å². The largest absolute Gasteiger partial charge is 0.355 e. The zero-order chi connectivity index (χ0) is 14.0. The Morgan fingerprint density at radius 3 is 2.37 bits per heavy atom. The predicted molar refractivity (Wildman–Crippen MR) is 68.7 cm³/mol. The van der Waals surface area contributed by atoms with Crippen LogP contribution in [0, 0.1) is 5.92 Å². The van der Waals surface area contributed by atoms with Gasteiger partial charge in [-0.2, -0.15) is 4.31 Å². The van der Waals surface area contributed by atoms with Gasteiger partial charge < -0.3 is 10.2 Å². The van der Waals surface area contributed by atoms with E-state index in [0.717, 1.165) is 0 Å². The van der Waals surface area contributed by atoms with Crippen molar-refractivity contribution in [2.75, 3.05) is 39.0 Å². The van der Waals surface area contributed by atoms with Gasteiger partial charge in [-0.1, -0.05) is 0 Å². The van der Waals surface area contributed by atoms with Gasteiger partial charge in [0.2, 0.25) is 21.8 Å². The molecule has 2 aliphatic rings. The molecule has 108 valence electrons. The molecule has 19 heavy (non-hydrogen) atoms. The van der Waals surface area contributed by atoms with Crippen LogP contribution in [0.5, 0.6) is 0 Å². The molecule has 0 aliphatic carbocycles. The number of sulfonamides is 1. The molecule has 2 rings (SSSR count). The molecule has 2 fully saturated rings. The molecule has 1 unspecified atom stereocenters. The van der Waals surface area contributed by atoms with Crippen molar-refractivity contribution in [3.63, 3.8) is 0 Å². The number of hydrogen-bond acceptors (Lipinski definition) is 4. The molecule has 2 heterocycles. The lowest BCUT2D eigenvalue weighted by atomic mass is 9.97. The number of nitrogens with one attached hydrogen (secondary N) is 1. The average molecular weight is 289 g/mol. The van der Waals surface area contributed by atoms with Gasteiger partial charge in [-0.3, -0.25) is 9.59 Å². The average Bonchev–Trinajstić information content (AvgIpc) is 2.38. The third kappa shape index (κ3) is 3.44. The Hall–Kier alpha value is -1.15. The predicted octanol–water partition coefficient (Wildman–Crippen LogP) is -1.38. The summed E-state index contributed by atoms with van der Waals surface area (Å²) >= 11 is 0.